The predicted molar refractivity (Wildman–Crippen MR) is 97.4 cm³/mol. The van der Waals surface area contributed by atoms with Crippen LogP contribution in [0.3, 0.4) is 0 Å². The van der Waals surface area contributed by atoms with Crippen molar-refractivity contribution in [2.45, 2.75) is 26.2 Å². The maximum absolute atomic E-state index is 11.6. The Labute approximate surface area is 149 Å². The molecule has 24 heavy (non-hydrogen) atoms. The number of esters is 1. The smallest absolute Gasteiger partial charge is 0.308 e. The van der Waals surface area contributed by atoms with Gasteiger partial charge in [-0.1, -0.05) is 23.7 Å². The van der Waals surface area contributed by atoms with Crippen molar-refractivity contribution in [1.29, 1.82) is 0 Å². The highest BCUT2D eigenvalue weighted by Crippen LogP contribution is 2.18. The third-order valence-electron chi connectivity index (χ3n) is 4.24. The molecule has 0 atom stereocenters. The highest BCUT2D eigenvalue weighted by Gasteiger charge is 2.26. The maximum Gasteiger partial charge on any atom is 0.308 e. The van der Waals surface area contributed by atoms with Crippen LogP contribution in [-0.4, -0.2) is 50.1 Å². The number of guanidine groups is 1. The molecule has 0 bridgehead atoms. The molecule has 0 unspecified atom stereocenters. The van der Waals surface area contributed by atoms with Crippen LogP contribution in [0.4, 0.5) is 0 Å². The molecule has 1 aliphatic heterocycles. The number of halogens is 1. The summed E-state index contributed by atoms with van der Waals surface area (Å²) in [6.07, 6.45) is 2.51. The number of methoxy groups -OCH3 is 1. The molecule has 1 fully saturated rings. The van der Waals surface area contributed by atoms with Gasteiger partial charge in [-0.25, -0.2) is 0 Å². The number of piperidine rings is 1. The van der Waals surface area contributed by atoms with E-state index >= 15 is 0 Å². The zero-order valence-electron chi connectivity index (χ0n) is 14.4. The first-order valence-electron chi connectivity index (χ1n) is 8.49. The Hall–Kier alpha value is -1.75. The quantitative estimate of drug-likeness (QED) is 0.503. The van der Waals surface area contributed by atoms with E-state index in [2.05, 4.69) is 17.1 Å². The first-order chi connectivity index (χ1) is 11.6. The van der Waals surface area contributed by atoms with E-state index in [0.717, 1.165) is 56.4 Å². The standard InChI is InChI=1S/C18H26ClN3O2/c1-3-20-18(21-11-8-14-4-6-16(19)7-5-14)22-12-9-15(10-13-22)17(23)24-2/h4-7,15H,3,8-13H2,1-2H3,(H,20,21). The highest BCUT2D eigenvalue weighted by atomic mass is 35.5. The number of likely N-dealkylation sites (tertiary alicyclic amines) is 1. The minimum absolute atomic E-state index is 0.0168. The lowest BCUT2D eigenvalue weighted by atomic mass is 9.97. The molecular formula is C18H26ClN3O2. The van der Waals surface area contributed by atoms with Gasteiger partial charge in [0.05, 0.1) is 13.0 Å². The van der Waals surface area contributed by atoms with Gasteiger partial charge in [-0.2, -0.15) is 0 Å². The summed E-state index contributed by atoms with van der Waals surface area (Å²) in [5.74, 6) is 0.845. The lowest BCUT2D eigenvalue weighted by Crippen LogP contribution is -2.46. The molecule has 1 N–H and O–H groups in total. The van der Waals surface area contributed by atoms with E-state index in [-0.39, 0.29) is 11.9 Å². The van der Waals surface area contributed by atoms with Crippen LogP contribution >= 0.6 is 11.6 Å². The van der Waals surface area contributed by atoms with E-state index in [9.17, 15) is 4.79 Å². The molecule has 0 radical (unpaired) electrons. The van der Waals surface area contributed by atoms with Gasteiger partial charge in [0.2, 0.25) is 0 Å². The van der Waals surface area contributed by atoms with E-state index in [0.29, 0.717) is 0 Å². The summed E-state index contributed by atoms with van der Waals surface area (Å²) in [6, 6.07) is 7.88. The number of nitrogens with one attached hydrogen (secondary N) is 1. The Morgan fingerprint density at radius 3 is 2.58 bits per heavy atom. The molecule has 0 saturated carbocycles. The van der Waals surface area contributed by atoms with Crippen molar-refractivity contribution < 1.29 is 9.53 Å². The normalized spacial score (nSPS) is 16.1. The van der Waals surface area contributed by atoms with Crippen LogP contribution in [0, 0.1) is 5.92 Å². The van der Waals surface area contributed by atoms with Crippen molar-refractivity contribution in [3.63, 3.8) is 0 Å². The highest BCUT2D eigenvalue weighted by molar-refractivity contribution is 6.30. The molecule has 132 valence electrons. The van der Waals surface area contributed by atoms with Gasteiger partial charge in [-0.05, 0) is 43.9 Å². The van der Waals surface area contributed by atoms with Gasteiger partial charge in [0.25, 0.3) is 0 Å². The Bertz CT molecular complexity index is 552. The lowest BCUT2D eigenvalue weighted by molar-refractivity contribution is -0.146. The molecule has 0 spiro atoms. The van der Waals surface area contributed by atoms with Crippen molar-refractivity contribution in [1.82, 2.24) is 10.2 Å². The summed E-state index contributed by atoms with van der Waals surface area (Å²) >= 11 is 5.91. The van der Waals surface area contributed by atoms with Gasteiger partial charge in [-0.15, -0.1) is 0 Å². The number of benzene rings is 1. The Morgan fingerprint density at radius 2 is 2.00 bits per heavy atom. The molecule has 1 saturated heterocycles. The summed E-state index contributed by atoms with van der Waals surface area (Å²) < 4.78 is 4.84. The van der Waals surface area contributed by atoms with Crippen molar-refractivity contribution in [3.05, 3.63) is 34.9 Å². The topological polar surface area (TPSA) is 53.9 Å². The molecule has 1 heterocycles. The number of carbonyl (C=O) groups is 1. The molecular weight excluding hydrogens is 326 g/mol. The van der Waals surface area contributed by atoms with Crippen molar-refractivity contribution in [2.75, 3.05) is 33.3 Å². The second-order valence-corrected chi connectivity index (χ2v) is 6.33. The summed E-state index contributed by atoms with van der Waals surface area (Å²) in [5, 5.41) is 4.10. The average Bonchev–Trinajstić information content (AvgIpc) is 2.62. The van der Waals surface area contributed by atoms with Crippen molar-refractivity contribution in [2.24, 2.45) is 10.9 Å². The van der Waals surface area contributed by atoms with Crippen molar-refractivity contribution >= 4 is 23.5 Å². The minimum Gasteiger partial charge on any atom is -0.469 e. The van der Waals surface area contributed by atoms with E-state index in [4.69, 9.17) is 21.3 Å². The summed E-state index contributed by atoms with van der Waals surface area (Å²) in [5.41, 5.74) is 1.23. The number of hydrogen-bond donors (Lipinski definition) is 1. The van der Waals surface area contributed by atoms with Gasteiger partial charge in [0.15, 0.2) is 5.96 Å². The Morgan fingerprint density at radius 1 is 1.33 bits per heavy atom. The van der Waals surface area contributed by atoms with Gasteiger partial charge < -0.3 is 15.0 Å². The van der Waals surface area contributed by atoms with Gasteiger partial charge in [-0.3, -0.25) is 9.79 Å². The monoisotopic (exact) mass is 351 g/mol. The SMILES string of the molecule is CCNC(=NCCc1ccc(Cl)cc1)N1CCC(C(=O)OC)CC1. The van der Waals surface area contributed by atoms with Crippen LogP contribution in [0.5, 0.6) is 0 Å². The number of rotatable bonds is 5. The van der Waals surface area contributed by atoms with Crippen LogP contribution in [-0.2, 0) is 16.0 Å². The number of nitrogens with zero attached hydrogens (tertiary/aromatic N) is 2. The molecule has 6 heteroatoms. The number of aliphatic imine (C=N–C) groups is 1. The molecule has 0 amide bonds. The zero-order valence-corrected chi connectivity index (χ0v) is 15.2. The predicted octanol–water partition coefficient (Wildman–Crippen LogP) is 2.73. The molecule has 0 aromatic heterocycles. The maximum atomic E-state index is 11.6. The summed E-state index contributed by atoms with van der Waals surface area (Å²) in [4.78, 5) is 18.6. The second kappa shape index (κ2) is 9.52. The average molecular weight is 352 g/mol. The van der Waals surface area contributed by atoms with E-state index in [1.165, 1.54) is 12.7 Å². The fourth-order valence-electron chi connectivity index (χ4n) is 2.86. The van der Waals surface area contributed by atoms with Gasteiger partial charge in [0.1, 0.15) is 0 Å². The van der Waals surface area contributed by atoms with Crippen LogP contribution < -0.4 is 5.32 Å². The largest absolute Gasteiger partial charge is 0.469 e. The molecule has 0 aliphatic carbocycles. The van der Waals surface area contributed by atoms with Crippen LogP contribution in [0.1, 0.15) is 25.3 Å². The number of carbonyl (C=O) groups excluding carboxylic acids is 1. The first-order valence-corrected chi connectivity index (χ1v) is 8.87. The molecule has 1 aromatic rings. The number of ether oxygens (including phenoxy) is 1. The second-order valence-electron chi connectivity index (χ2n) is 5.90. The van der Waals surface area contributed by atoms with Gasteiger partial charge in [0, 0.05) is 31.2 Å². The minimum atomic E-state index is -0.0978. The van der Waals surface area contributed by atoms with Crippen LogP contribution in [0.25, 0.3) is 0 Å². The summed E-state index contributed by atoms with van der Waals surface area (Å²) in [7, 11) is 1.46. The lowest BCUT2D eigenvalue weighted by Gasteiger charge is -2.33. The van der Waals surface area contributed by atoms with Gasteiger partial charge >= 0.3 is 5.97 Å². The summed E-state index contributed by atoms with van der Waals surface area (Å²) in [6.45, 7) is 5.27. The van der Waals surface area contributed by atoms with E-state index < -0.39 is 0 Å². The van der Waals surface area contributed by atoms with Crippen LogP contribution in [0.15, 0.2) is 29.3 Å². The Kier molecular flexibility index (Phi) is 7.37. The third-order valence-corrected chi connectivity index (χ3v) is 4.49. The molecule has 1 aromatic carbocycles. The first kappa shape index (κ1) is 18.6. The Balaban J connectivity index is 1.89. The fourth-order valence-corrected chi connectivity index (χ4v) is 2.99. The van der Waals surface area contributed by atoms with E-state index in [1.54, 1.807) is 0 Å². The van der Waals surface area contributed by atoms with E-state index in [1.807, 2.05) is 24.3 Å². The fraction of sp³-hybridized carbons (Fsp3) is 0.556. The molecule has 1 aliphatic rings. The molecule has 2 rings (SSSR count). The molecule has 5 nitrogen and oxygen atoms in total. The zero-order chi connectivity index (χ0) is 17.4. The number of hydrogen-bond acceptors (Lipinski definition) is 3. The van der Waals surface area contributed by atoms with Crippen LogP contribution in [0.2, 0.25) is 5.02 Å². The van der Waals surface area contributed by atoms with Crippen molar-refractivity contribution in [3.8, 4) is 0 Å². The third kappa shape index (κ3) is 5.41.